The lowest BCUT2D eigenvalue weighted by atomic mass is 10.1. The number of pyridine rings is 2. The highest BCUT2D eigenvalue weighted by atomic mass is 16.5. The van der Waals surface area contributed by atoms with Crippen molar-refractivity contribution >= 4 is 39.1 Å². The molecule has 1 aliphatic heterocycles. The Morgan fingerprint density at radius 1 is 1.21 bits per heavy atom. The summed E-state index contributed by atoms with van der Waals surface area (Å²) in [4.78, 5) is 11.2. The molecule has 5 rings (SSSR count). The third-order valence-electron chi connectivity index (χ3n) is 5.19. The average molecular weight is 374 g/mol. The molecule has 142 valence electrons. The molecule has 0 amide bonds. The number of ether oxygens (including phenoxy) is 1. The van der Waals surface area contributed by atoms with E-state index in [2.05, 4.69) is 55.6 Å². The Kier molecular flexibility index (Phi) is 4.29. The molecule has 1 atom stereocenters. The summed E-state index contributed by atoms with van der Waals surface area (Å²) in [5, 5.41) is 13.0. The monoisotopic (exact) mass is 374 g/mol. The van der Waals surface area contributed by atoms with Crippen LogP contribution in [-0.4, -0.2) is 46.5 Å². The molecule has 0 bridgehead atoms. The Morgan fingerprint density at radius 2 is 2.18 bits per heavy atom. The summed E-state index contributed by atoms with van der Waals surface area (Å²) in [6.07, 6.45) is 6.19. The van der Waals surface area contributed by atoms with Crippen molar-refractivity contribution in [2.75, 3.05) is 30.4 Å². The molecule has 4 heterocycles. The number of anilines is 3. The summed E-state index contributed by atoms with van der Waals surface area (Å²) < 4.78 is 5.77. The minimum atomic E-state index is 0.295. The van der Waals surface area contributed by atoms with E-state index in [9.17, 15) is 0 Å². The second-order valence-electron chi connectivity index (χ2n) is 7.18. The van der Waals surface area contributed by atoms with Gasteiger partial charge in [-0.15, -0.1) is 0 Å². The van der Waals surface area contributed by atoms with Gasteiger partial charge in [0.1, 0.15) is 11.3 Å². The SMILES string of the molecule is CN(CC1CCCO1)c1nccc2cc(Nc3n[nH]c4cccnc34)ccc12. The number of hydrogen-bond acceptors (Lipinski definition) is 6. The zero-order valence-electron chi connectivity index (χ0n) is 15.7. The second-order valence-corrected chi connectivity index (χ2v) is 7.18. The molecule has 2 N–H and O–H groups in total. The van der Waals surface area contributed by atoms with E-state index in [0.717, 1.165) is 65.1 Å². The van der Waals surface area contributed by atoms with Crippen molar-refractivity contribution in [2.24, 2.45) is 0 Å². The molecule has 4 aromatic rings. The summed E-state index contributed by atoms with van der Waals surface area (Å²) in [6, 6.07) is 12.2. The normalized spacial score (nSPS) is 16.7. The number of nitrogens with zero attached hydrogens (tertiary/aromatic N) is 4. The number of nitrogens with one attached hydrogen (secondary N) is 2. The molecule has 1 aromatic carbocycles. The zero-order valence-corrected chi connectivity index (χ0v) is 15.7. The largest absolute Gasteiger partial charge is 0.376 e. The minimum absolute atomic E-state index is 0.295. The van der Waals surface area contributed by atoms with Crippen molar-refractivity contribution in [1.29, 1.82) is 0 Å². The molecule has 0 spiro atoms. The molecule has 1 unspecified atom stereocenters. The van der Waals surface area contributed by atoms with Crippen LogP contribution >= 0.6 is 0 Å². The fourth-order valence-electron chi connectivity index (χ4n) is 3.80. The molecule has 28 heavy (non-hydrogen) atoms. The van der Waals surface area contributed by atoms with E-state index in [-0.39, 0.29) is 0 Å². The Balaban J connectivity index is 1.43. The molecule has 1 saturated heterocycles. The van der Waals surface area contributed by atoms with Crippen molar-refractivity contribution in [2.45, 2.75) is 18.9 Å². The van der Waals surface area contributed by atoms with Crippen LogP contribution in [0.15, 0.2) is 48.8 Å². The number of aromatic amines is 1. The van der Waals surface area contributed by atoms with Crippen molar-refractivity contribution in [3.05, 3.63) is 48.8 Å². The van der Waals surface area contributed by atoms with E-state index in [1.54, 1.807) is 6.20 Å². The topological polar surface area (TPSA) is 79.0 Å². The molecule has 7 nitrogen and oxygen atoms in total. The first kappa shape index (κ1) is 16.9. The van der Waals surface area contributed by atoms with Gasteiger partial charge >= 0.3 is 0 Å². The number of rotatable bonds is 5. The molecular weight excluding hydrogens is 352 g/mol. The van der Waals surface area contributed by atoms with E-state index >= 15 is 0 Å². The van der Waals surface area contributed by atoms with Crippen LogP contribution in [0, 0.1) is 0 Å². The van der Waals surface area contributed by atoms with Crippen LogP contribution in [0.5, 0.6) is 0 Å². The summed E-state index contributed by atoms with van der Waals surface area (Å²) in [7, 11) is 2.08. The number of likely N-dealkylation sites (N-methyl/N-ethyl adjacent to an activating group) is 1. The molecule has 7 heteroatoms. The fraction of sp³-hybridized carbons (Fsp3) is 0.286. The lowest BCUT2D eigenvalue weighted by Crippen LogP contribution is -2.29. The van der Waals surface area contributed by atoms with Gasteiger partial charge in [0, 0.05) is 43.7 Å². The summed E-state index contributed by atoms with van der Waals surface area (Å²) in [6.45, 7) is 1.73. The zero-order chi connectivity index (χ0) is 18.9. The van der Waals surface area contributed by atoms with Gasteiger partial charge < -0.3 is 15.0 Å². The Labute approximate surface area is 162 Å². The van der Waals surface area contributed by atoms with Crippen LogP contribution < -0.4 is 10.2 Å². The van der Waals surface area contributed by atoms with E-state index in [4.69, 9.17) is 4.74 Å². The third-order valence-corrected chi connectivity index (χ3v) is 5.19. The number of H-pyrrole nitrogens is 1. The lowest BCUT2D eigenvalue weighted by molar-refractivity contribution is 0.116. The van der Waals surface area contributed by atoms with Crippen LogP contribution in [0.2, 0.25) is 0 Å². The van der Waals surface area contributed by atoms with Crippen molar-refractivity contribution < 1.29 is 4.74 Å². The van der Waals surface area contributed by atoms with Gasteiger partial charge in [0.2, 0.25) is 0 Å². The minimum Gasteiger partial charge on any atom is -0.376 e. The maximum absolute atomic E-state index is 5.77. The lowest BCUT2D eigenvalue weighted by Gasteiger charge is -2.23. The first-order valence-corrected chi connectivity index (χ1v) is 9.55. The van der Waals surface area contributed by atoms with Gasteiger partial charge in [-0.05, 0) is 54.6 Å². The van der Waals surface area contributed by atoms with Gasteiger partial charge in [-0.2, -0.15) is 5.10 Å². The van der Waals surface area contributed by atoms with Gasteiger partial charge in [0.25, 0.3) is 0 Å². The van der Waals surface area contributed by atoms with Crippen molar-refractivity contribution in [3.8, 4) is 0 Å². The van der Waals surface area contributed by atoms with Gasteiger partial charge in [0.05, 0.1) is 11.6 Å². The van der Waals surface area contributed by atoms with Crippen LogP contribution in [-0.2, 0) is 4.74 Å². The predicted octanol–water partition coefficient (Wildman–Crippen LogP) is 3.86. The quantitative estimate of drug-likeness (QED) is 0.552. The molecule has 1 aliphatic rings. The highest BCUT2D eigenvalue weighted by Gasteiger charge is 2.19. The summed E-state index contributed by atoms with van der Waals surface area (Å²) in [5.41, 5.74) is 2.70. The molecule has 0 radical (unpaired) electrons. The first-order chi connectivity index (χ1) is 13.8. The number of hydrogen-bond donors (Lipinski definition) is 2. The molecule has 3 aromatic heterocycles. The smallest absolute Gasteiger partial charge is 0.178 e. The highest BCUT2D eigenvalue weighted by Crippen LogP contribution is 2.29. The Morgan fingerprint density at radius 3 is 3.07 bits per heavy atom. The predicted molar refractivity (Wildman–Crippen MR) is 111 cm³/mol. The highest BCUT2D eigenvalue weighted by molar-refractivity contribution is 5.95. The van der Waals surface area contributed by atoms with Crippen molar-refractivity contribution in [1.82, 2.24) is 20.2 Å². The second kappa shape index (κ2) is 7.09. The average Bonchev–Trinajstić information content (AvgIpc) is 3.38. The van der Waals surface area contributed by atoms with Gasteiger partial charge in [-0.3, -0.25) is 10.1 Å². The van der Waals surface area contributed by atoms with Gasteiger partial charge in [-0.1, -0.05) is 0 Å². The van der Waals surface area contributed by atoms with Crippen LogP contribution in [0.3, 0.4) is 0 Å². The van der Waals surface area contributed by atoms with Gasteiger partial charge in [0.15, 0.2) is 5.82 Å². The summed E-state index contributed by atoms with van der Waals surface area (Å²) >= 11 is 0. The van der Waals surface area contributed by atoms with Crippen LogP contribution in [0.25, 0.3) is 21.8 Å². The maximum Gasteiger partial charge on any atom is 0.178 e. The van der Waals surface area contributed by atoms with Gasteiger partial charge in [-0.25, -0.2) is 4.98 Å². The third kappa shape index (κ3) is 3.14. The summed E-state index contributed by atoms with van der Waals surface area (Å²) in [5.74, 6) is 1.70. The van der Waals surface area contributed by atoms with E-state index < -0.39 is 0 Å². The van der Waals surface area contributed by atoms with E-state index in [1.165, 1.54) is 0 Å². The maximum atomic E-state index is 5.77. The Hall–Kier alpha value is -3.19. The number of fused-ring (bicyclic) bond motifs is 2. The van der Waals surface area contributed by atoms with E-state index in [0.29, 0.717) is 6.10 Å². The fourth-order valence-corrected chi connectivity index (χ4v) is 3.80. The van der Waals surface area contributed by atoms with Crippen molar-refractivity contribution in [3.63, 3.8) is 0 Å². The molecule has 0 saturated carbocycles. The number of aromatic nitrogens is 4. The molecule has 0 aliphatic carbocycles. The standard InChI is InChI=1S/C21H22N6O/c1-27(13-16-4-3-11-28-16)21-17-7-6-15(12-14(17)8-10-23-21)24-20-19-18(25-26-20)5-2-9-22-19/h2,5-10,12,16H,3-4,11,13H2,1H3,(H2,24,25,26). The number of benzene rings is 1. The van der Waals surface area contributed by atoms with Crippen LogP contribution in [0.4, 0.5) is 17.3 Å². The first-order valence-electron chi connectivity index (χ1n) is 9.55. The van der Waals surface area contributed by atoms with Crippen LogP contribution in [0.1, 0.15) is 12.8 Å². The molecular formula is C21H22N6O. The molecule has 1 fully saturated rings. The van der Waals surface area contributed by atoms with E-state index in [1.807, 2.05) is 24.4 Å². The Bertz CT molecular complexity index is 1120.